The van der Waals surface area contributed by atoms with Crippen LogP contribution < -0.4 is 0 Å². The van der Waals surface area contributed by atoms with Gasteiger partial charge in [-0.1, -0.05) is 13.8 Å². The summed E-state index contributed by atoms with van der Waals surface area (Å²) < 4.78 is 4.98. The van der Waals surface area contributed by atoms with Gasteiger partial charge in [0.1, 0.15) is 0 Å². The quantitative estimate of drug-likeness (QED) is 0.740. The van der Waals surface area contributed by atoms with E-state index < -0.39 is 0 Å². The van der Waals surface area contributed by atoms with E-state index in [1.807, 2.05) is 18.7 Å². The largest absolute Gasteiger partial charge is 0.391 e. The molecule has 1 fully saturated rings. The van der Waals surface area contributed by atoms with Gasteiger partial charge in [-0.2, -0.15) is 0 Å². The van der Waals surface area contributed by atoms with E-state index in [0.717, 1.165) is 25.8 Å². The summed E-state index contributed by atoms with van der Waals surface area (Å²) in [6, 6.07) is 0. The van der Waals surface area contributed by atoms with Crippen molar-refractivity contribution in [2.45, 2.75) is 39.2 Å². The van der Waals surface area contributed by atoms with Crippen molar-refractivity contribution < 1.29 is 14.6 Å². The van der Waals surface area contributed by atoms with E-state index in [4.69, 9.17) is 4.74 Å². The van der Waals surface area contributed by atoms with Crippen LogP contribution in [0.4, 0.5) is 0 Å². The van der Waals surface area contributed by atoms with Gasteiger partial charge in [0.25, 0.3) is 0 Å². The highest BCUT2D eigenvalue weighted by atomic mass is 16.5. The number of carbonyl (C=O) groups excluding carboxylic acids is 1. The minimum absolute atomic E-state index is 0.0331. The summed E-state index contributed by atoms with van der Waals surface area (Å²) in [5, 5.41) is 9.78. The van der Waals surface area contributed by atoms with Crippen molar-refractivity contribution in [3.05, 3.63) is 0 Å². The van der Waals surface area contributed by atoms with Crippen LogP contribution in [0.3, 0.4) is 0 Å². The molecule has 1 heterocycles. The molecule has 0 radical (unpaired) electrons. The Hall–Kier alpha value is -0.610. The second-order valence-electron chi connectivity index (χ2n) is 5.15. The number of hydrogen-bond donors (Lipinski definition) is 1. The Labute approximate surface area is 104 Å². The minimum atomic E-state index is -0.362. The number of piperidine rings is 1. The molecule has 0 bridgehead atoms. The standard InChI is InChI=1S/C13H25NO3/c1-10-6-7-14(9-12(10)15)13(16)11(2)5-4-8-17-3/h10-12,15H,4-9H2,1-3H3. The second kappa shape index (κ2) is 6.97. The van der Waals surface area contributed by atoms with Crippen LogP contribution in [0.25, 0.3) is 0 Å². The zero-order valence-electron chi connectivity index (χ0n) is 11.2. The first kappa shape index (κ1) is 14.5. The molecule has 4 nitrogen and oxygen atoms in total. The molecular formula is C13H25NO3. The molecule has 0 aliphatic carbocycles. The first-order valence-electron chi connectivity index (χ1n) is 6.52. The Morgan fingerprint density at radius 1 is 1.59 bits per heavy atom. The Kier molecular flexibility index (Phi) is 5.92. The monoisotopic (exact) mass is 243 g/mol. The molecule has 0 saturated carbocycles. The van der Waals surface area contributed by atoms with E-state index in [0.29, 0.717) is 19.1 Å². The molecular weight excluding hydrogens is 218 g/mol. The number of aliphatic hydroxyl groups excluding tert-OH is 1. The summed E-state index contributed by atoms with van der Waals surface area (Å²) in [6.45, 7) is 5.98. The molecule has 0 aromatic rings. The molecule has 1 N–H and O–H groups in total. The maximum absolute atomic E-state index is 12.1. The number of ether oxygens (including phenoxy) is 1. The lowest BCUT2D eigenvalue weighted by Gasteiger charge is -2.35. The van der Waals surface area contributed by atoms with Gasteiger partial charge in [0.05, 0.1) is 6.10 Å². The molecule has 4 heteroatoms. The van der Waals surface area contributed by atoms with Crippen molar-refractivity contribution >= 4 is 5.91 Å². The number of nitrogens with zero attached hydrogens (tertiary/aromatic N) is 1. The molecule has 0 spiro atoms. The van der Waals surface area contributed by atoms with Gasteiger partial charge in [-0.25, -0.2) is 0 Å². The lowest BCUT2D eigenvalue weighted by molar-refractivity contribution is -0.139. The van der Waals surface area contributed by atoms with Crippen molar-refractivity contribution in [3.63, 3.8) is 0 Å². The molecule has 1 rings (SSSR count). The normalized spacial score (nSPS) is 26.9. The first-order valence-corrected chi connectivity index (χ1v) is 6.52. The summed E-state index contributed by atoms with van der Waals surface area (Å²) in [6.07, 6.45) is 2.31. The highest BCUT2D eigenvalue weighted by Gasteiger charge is 2.29. The van der Waals surface area contributed by atoms with Crippen LogP contribution in [0, 0.1) is 11.8 Å². The molecule has 100 valence electrons. The van der Waals surface area contributed by atoms with E-state index >= 15 is 0 Å². The number of amides is 1. The predicted octanol–water partition coefficient (Wildman–Crippen LogP) is 1.28. The second-order valence-corrected chi connectivity index (χ2v) is 5.15. The number of methoxy groups -OCH3 is 1. The van der Waals surface area contributed by atoms with Crippen molar-refractivity contribution in [1.29, 1.82) is 0 Å². The third-order valence-electron chi connectivity index (χ3n) is 3.64. The van der Waals surface area contributed by atoms with E-state index in [9.17, 15) is 9.90 Å². The van der Waals surface area contributed by atoms with Crippen molar-refractivity contribution in [2.75, 3.05) is 26.8 Å². The van der Waals surface area contributed by atoms with E-state index in [1.165, 1.54) is 0 Å². The molecule has 0 aromatic carbocycles. The molecule has 0 aromatic heterocycles. The van der Waals surface area contributed by atoms with Crippen LogP contribution in [0.15, 0.2) is 0 Å². The van der Waals surface area contributed by atoms with E-state index in [-0.39, 0.29) is 17.9 Å². The number of β-amino-alcohol motifs (C(OH)–C–C–N with tert-alkyl or cyclic N) is 1. The van der Waals surface area contributed by atoms with Gasteiger partial charge in [0.15, 0.2) is 0 Å². The van der Waals surface area contributed by atoms with Gasteiger partial charge in [0, 0.05) is 32.7 Å². The maximum Gasteiger partial charge on any atom is 0.225 e. The van der Waals surface area contributed by atoms with Gasteiger partial charge in [-0.15, -0.1) is 0 Å². The summed E-state index contributed by atoms with van der Waals surface area (Å²) in [4.78, 5) is 13.9. The smallest absolute Gasteiger partial charge is 0.225 e. The first-order chi connectivity index (χ1) is 8.06. The molecule has 1 amide bonds. The van der Waals surface area contributed by atoms with Crippen LogP contribution in [0.5, 0.6) is 0 Å². The highest BCUT2D eigenvalue weighted by molar-refractivity contribution is 5.78. The third kappa shape index (κ3) is 4.28. The fourth-order valence-electron chi connectivity index (χ4n) is 2.22. The molecule has 1 aliphatic heterocycles. The zero-order chi connectivity index (χ0) is 12.8. The topological polar surface area (TPSA) is 49.8 Å². The number of likely N-dealkylation sites (tertiary alicyclic amines) is 1. The van der Waals surface area contributed by atoms with Gasteiger partial charge < -0.3 is 14.7 Å². The Bertz CT molecular complexity index is 245. The van der Waals surface area contributed by atoms with Gasteiger partial charge in [-0.3, -0.25) is 4.79 Å². The molecule has 3 atom stereocenters. The Morgan fingerprint density at radius 3 is 2.88 bits per heavy atom. The van der Waals surface area contributed by atoms with Gasteiger partial charge in [-0.05, 0) is 25.2 Å². The lowest BCUT2D eigenvalue weighted by Crippen LogP contribution is -2.47. The van der Waals surface area contributed by atoms with Crippen LogP contribution in [-0.4, -0.2) is 48.8 Å². The van der Waals surface area contributed by atoms with E-state index in [1.54, 1.807) is 7.11 Å². The summed E-state index contributed by atoms with van der Waals surface area (Å²) >= 11 is 0. The van der Waals surface area contributed by atoms with Crippen LogP contribution in [-0.2, 0) is 9.53 Å². The van der Waals surface area contributed by atoms with Crippen molar-refractivity contribution in [3.8, 4) is 0 Å². The third-order valence-corrected chi connectivity index (χ3v) is 3.64. The number of hydrogen-bond acceptors (Lipinski definition) is 3. The summed E-state index contributed by atoms with van der Waals surface area (Å²) in [5.41, 5.74) is 0. The lowest BCUT2D eigenvalue weighted by atomic mass is 9.94. The number of rotatable bonds is 5. The van der Waals surface area contributed by atoms with Crippen LogP contribution in [0.1, 0.15) is 33.1 Å². The highest BCUT2D eigenvalue weighted by Crippen LogP contribution is 2.20. The van der Waals surface area contributed by atoms with Gasteiger partial charge >= 0.3 is 0 Å². The predicted molar refractivity (Wildman–Crippen MR) is 66.6 cm³/mol. The maximum atomic E-state index is 12.1. The number of carbonyl (C=O) groups is 1. The van der Waals surface area contributed by atoms with Crippen LogP contribution >= 0.6 is 0 Å². The SMILES string of the molecule is COCCCC(C)C(=O)N1CCC(C)C(O)C1. The number of aliphatic hydroxyl groups is 1. The van der Waals surface area contributed by atoms with Gasteiger partial charge in [0.2, 0.25) is 5.91 Å². The fourth-order valence-corrected chi connectivity index (χ4v) is 2.22. The molecule has 17 heavy (non-hydrogen) atoms. The molecule has 1 saturated heterocycles. The Morgan fingerprint density at radius 2 is 2.29 bits per heavy atom. The summed E-state index contributed by atoms with van der Waals surface area (Å²) in [7, 11) is 1.68. The van der Waals surface area contributed by atoms with Crippen LogP contribution in [0.2, 0.25) is 0 Å². The molecule has 3 unspecified atom stereocenters. The minimum Gasteiger partial charge on any atom is -0.391 e. The van der Waals surface area contributed by atoms with E-state index in [2.05, 4.69) is 0 Å². The summed E-state index contributed by atoms with van der Waals surface area (Å²) in [5.74, 6) is 0.514. The molecule has 1 aliphatic rings. The zero-order valence-corrected chi connectivity index (χ0v) is 11.2. The van der Waals surface area contributed by atoms with Crippen molar-refractivity contribution in [1.82, 2.24) is 4.90 Å². The fraction of sp³-hybridized carbons (Fsp3) is 0.923. The average molecular weight is 243 g/mol. The average Bonchev–Trinajstić information content (AvgIpc) is 2.32. The van der Waals surface area contributed by atoms with Crippen molar-refractivity contribution in [2.24, 2.45) is 11.8 Å². The Balaban J connectivity index is 2.36.